The van der Waals surface area contributed by atoms with Crippen molar-refractivity contribution >= 4 is 34.5 Å². The summed E-state index contributed by atoms with van der Waals surface area (Å²) in [5.41, 5.74) is -0.106. The molecule has 8 nitrogen and oxygen atoms in total. The molecular weight excluding hydrogens is 437 g/mol. The summed E-state index contributed by atoms with van der Waals surface area (Å²) in [7, 11) is 1.38. The van der Waals surface area contributed by atoms with E-state index in [0.29, 0.717) is 22.4 Å². The number of pyridine rings is 1. The largest absolute Gasteiger partial charge is 0.507 e. The fourth-order valence-electron chi connectivity index (χ4n) is 4.27. The lowest BCUT2D eigenvalue weighted by Crippen LogP contribution is -2.44. The van der Waals surface area contributed by atoms with Gasteiger partial charge in [0, 0.05) is 69.6 Å². The number of carbonyl (C=O) groups excluding carboxylic acids is 2. The third-order valence-corrected chi connectivity index (χ3v) is 6.00. The van der Waals surface area contributed by atoms with Crippen molar-refractivity contribution in [2.45, 2.75) is 19.0 Å². The van der Waals surface area contributed by atoms with E-state index in [1.807, 2.05) is 0 Å². The summed E-state index contributed by atoms with van der Waals surface area (Å²) in [5.74, 6) is -0.370. The van der Waals surface area contributed by atoms with Crippen molar-refractivity contribution in [3.05, 3.63) is 65.6 Å². The average Bonchev–Trinajstić information content (AvgIpc) is 2.85. The van der Waals surface area contributed by atoms with Gasteiger partial charge in [0.15, 0.2) is 0 Å². The molecule has 4 rings (SSSR count). The molecule has 2 heterocycles. The Morgan fingerprint density at radius 3 is 2.50 bits per heavy atom. The third kappa shape index (κ3) is 4.79. The first kappa shape index (κ1) is 23.4. The number of halogens is 1. The van der Waals surface area contributed by atoms with Gasteiger partial charge < -0.3 is 26.0 Å². The maximum atomic E-state index is 16.0. The molecule has 1 aromatic carbocycles. The first-order chi connectivity index (χ1) is 16.3. The minimum Gasteiger partial charge on any atom is -0.507 e. The molecule has 4 N–H and O–H groups in total. The van der Waals surface area contributed by atoms with Gasteiger partial charge in [-0.05, 0) is 41.5 Å². The zero-order chi connectivity index (χ0) is 24.3. The Balaban J connectivity index is 1.77. The van der Waals surface area contributed by atoms with Crippen molar-refractivity contribution in [2.24, 2.45) is 0 Å². The SMILES string of the molecule is CNC(=O)C1(F)C=C(c2ccnc(N3CCNCC3)c2)C(O)=C(c2ccc(NC(C)=O)cc2)C1. The number of carbonyl (C=O) groups is 2. The Morgan fingerprint density at radius 1 is 1.15 bits per heavy atom. The number of benzene rings is 1. The van der Waals surface area contributed by atoms with Crippen molar-refractivity contribution in [3.8, 4) is 0 Å². The topological polar surface area (TPSA) is 107 Å². The lowest BCUT2D eigenvalue weighted by atomic mass is 9.81. The normalized spacial score (nSPS) is 20.6. The van der Waals surface area contributed by atoms with Gasteiger partial charge in [-0.25, -0.2) is 9.37 Å². The Bertz CT molecular complexity index is 1160. The van der Waals surface area contributed by atoms with E-state index in [0.717, 1.165) is 32.0 Å². The summed E-state index contributed by atoms with van der Waals surface area (Å²) in [5, 5.41) is 19.6. The van der Waals surface area contributed by atoms with Crippen LogP contribution < -0.4 is 20.9 Å². The van der Waals surface area contributed by atoms with Crippen molar-refractivity contribution in [1.29, 1.82) is 0 Å². The second kappa shape index (κ2) is 9.64. The number of aliphatic hydroxyl groups excluding tert-OH is 1. The predicted molar refractivity (Wildman–Crippen MR) is 130 cm³/mol. The molecule has 9 heteroatoms. The second-order valence-corrected chi connectivity index (χ2v) is 8.40. The molecule has 0 radical (unpaired) electrons. The Labute approximate surface area is 197 Å². The number of rotatable bonds is 5. The summed E-state index contributed by atoms with van der Waals surface area (Å²) in [6, 6.07) is 10.2. The highest BCUT2D eigenvalue weighted by Gasteiger charge is 2.42. The lowest BCUT2D eigenvalue weighted by Gasteiger charge is -2.30. The highest BCUT2D eigenvalue weighted by molar-refractivity contribution is 5.99. The van der Waals surface area contributed by atoms with E-state index in [2.05, 4.69) is 25.8 Å². The number of aliphatic hydroxyl groups is 1. The van der Waals surface area contributed by atoms with Crippen molar-refractivity contribution in [2.75, 3.05) is 43.4 Å². The Kier molecular flexibility index (Phi) is 6.65. The first-order valence-corrected chi connectivity index (χ1v) is 11.2. The number of aromatic nitrogens is 1. The van der Waals surface area contributed by atoms with Crippen LogP contribution in [-0.2, 0) is 9.59 Å². The van der Waals surface area contributed by atoms with Crippen LogP contribution in [0.4, 0.5) is 15.9 Å². The summed E-state index contributed by atoms with van der Waals surface area (Å²) in [6.07, 6.45) is 2.49. The number of nitrogens with one attached hydrogen (secondary N) is 3. The molecule has 0 saturated carbocycles. The molecule has 1 saturated heterocycles. The van der Waals surface area contributed by atoms with Crippen LogP contribution in [0.5, 0.6) is 0 Å². The number of hydrogen-bond donors (Lipinski definition) is 4. The lowest BCUT2D eigenvalue weighted by molar-refractivity contribution is -0.129. The van der Waals surface area contributed by atoms with Gasteiger partial charge in [-0.3, -0.25) is 9.59 Å². The van der Waals surface area contributed by atoms with Gasteiger partial charge in [-0.15, -0.1) is 0 Å². The smallest absolute Gasteiger partial charge is 0.261 e. The first-order valence-electron chi connectivity index (χ1n) is 11.2. The van der Waals surface area contributed by atoms with Gasteiger partial charge in [-0.1, -0.05) is 12.1 Å². The highest BCUT2D eigenvalue weighted by atomic mass is 19.1. The fraction of sp³-hybridized carbons (Fsp3) is 0.320. The van der Waals surface area contributed by atoms with Crippen LogP contribution in [0.25, 0.3) is 11.1 Å². The number of piperazine rings is 1. The fourth-order valence-corrected chi connectivity index (χ4v) is 4.27. The van der Waals surface area contributed by atoms with Gasteiger partial charge in [0.25, 0.3) is 5.91 Å². The van der Waals surface area contributed by atoms with Crippen LogP contribution in [0.3, 0.4) is 0 Å². The second-order valence-electron chi connectivity index (χ2n) is 8.40. The van der Waals surface area contributed by atoms with Gasteiger partial charge in [0.05, 0.1) is 0 Å². The van der Waals surface area contributed by atoms with Crippen molar-refractivity contribution in [1.82, 2.24) is 15.6 Å². The number of nitrogens with zero attached hydrogens (tertiary/aromatic N) is 2. The molecule has 1 unspecified atom stereocenters. The van der Waals surface area contributed by atoms with E-state index in [1.54, 1.807) is 42.6 Å². The maximum absolute atomic E-state index is 16.0. The average molecular weight is 466 g/mol. The molecule has 0 spiro atoms. The molecular formula is C25H28FN5O3. The quantitative estimate of drug-likeness (QED) is 0.541. The number of hydrogen-bond acceptors (Lipinski definition) is 6. The molecule has 2 aliphatic rings. The number of amides is 2. The van der Waals surface area contributed by atoms with Crippen LogP contribution in [0.1, 0.15) is 24.5 Å². The van der Waals surface area contributed by atoms with Crippen LogP contribution >= 0.6 is 0 Å². The van der Waals surface area contributed by atoms with Crippen LogP contribution in [-0.4, -0.2) is 60.8 Å². The van der Waals surface area contributed by atoms with E-state index < -0.39 is 11.6 Å². The van der Waals surface area contributed by atoms with Crippen LogP contribution in [0.2, 0.25) is 0 Å². The standard InChI is InChI=1S/C25H28FN5O3/c1-16(32)30-19-5-3-17(4-6-19)20-14-25(26,24(34)27-2)15-21(23(20)33)18-7-8-29-22(13-18)31-11-9-28-10-12-31/h3-8,13,15,28,33H,9-12,14H2,1-2H3,(H,27,34)(H,30,32). The van der Waals surface area contributed by atoms with Crippen LogP contribution in [0.15, 0.2) is 54.4 Å². The predicted octanol–water partition coefficient (Wildman–Crippen LogP) is 2.66. The van der Waals surface area contributed by atoms with Gasteiger partial charge in [0.2, 0.25) is 11.6 Å². The summed E-state index contributed by atoms with van der Waals surface area (Å²) in [6.45, 7) is 4.65. The monoisotopic (exact) mass is 465 g/mol. The molecule has 34 heavy (non-hydrogen) atoms. The van der Waals surface area contributed by atoms with Gasteiger partial charge >= 0.3 is 0 Å². The molecule has 2 amide bonds. The third-order valence-electron chi connectivity index (χ3n) is 6.00. The summed E-state index contributed by atoms with van der Waals surface area (Å²) >= 11 is 0. The van der Waals surface area contributed by atoms with Crippen LogP contribution in [0, 0.1) is 0 Å². The maximum Gasteiger partial charge on any atom is 0.261 e. The number of allylic oxidation sites excluding steroid dienone is 2. The molecule has 2 aromatic rings. The Hall–Kier alpha value is -3.72. The van der Waals surface area contributed by atoms with E-state index >= 15 is 4.39 Å². The molecule has 0 bridgehead atoms. The van der Waals surface area contributed by atoms with Crippen molar-refractivity contribution < 1.29 is 19.1 Å². The van der Waals surface area contributed by atoms with Gasteiger partial charge in [0.1, 0.15) is 11.6 Å². The van der Waals surface area contributed by atoms with Crippen molar-refractivity contribution in [3.63, 3.8) is 0 Å². The minimum absolute atomic E-state index is 0.0954. The number of anilines is 2. The molecule has 1 aromatic heterocycles. The van der Waals surface area contributed by atoms with E-state index in [4.69, 9.17) is 0 Å². The van der Waals surface area contributed by atoms with Gasteiger partial charge in [-0.2, -0.15) is 0 Å². The summed E-state index contributed by atoms with van der Waals surface area (Å²) in [4.78, 5) is 30.4. The number of alkyl halides is 1. The molecule has 1 fully saturated rings. The molecule has 1 atom stereocenters. The zero-order valence-corrected chi connectivity index (χ0v) is 19.2. The zero-order valence-electron chi connectivity index (χ0n) is 19.2. The highest BCUT2D eigenvalue weighted by Crippen LogP contribution is 2.42. The summed E-state index contributed by atoms with van der Waals surface area (Å²) < 4.78 is 16.0. The molecule has 178 valence electrons. The van der Waals surface area contributed by atoms with E-state index in [9.17, 15) is 14.7 Å². The Morgan fingerprint density at radius 2 is 1.85 bits per heavy atom. The van der Waals surface area contributed by atoms with E-state index in [1.165, 1.54) is 20.0 Å². The molecule has 1 aliphatic heterocycles. The molecule has 1 aliphatic carbocycles. The van der Waals surface area contributed by atoms with E-state index in [-0.39, 0.29) is 23.7 Å². The minimum atomic E-state index is -2.35.